The number of rotatable bonds is 7. The summed E-state index contributed by atoms with van der Waals surface area (Å²) in [6.45, 7) is 0. The molecule has 1 aromatic heterocycles. The van der Waals surface area contributed by atoms with Crippen LogP contribution < -0.4 is 0 Å². The molecule has 0 radical (unpaired) electrons. The molecule has 2 nitrogen and oxygen atoms in total. The first kappa shape index (κ1) is 34.6. The normalized spacial score (nSPS) is 12.5. The first-order valence-corrected chi connectivity index (χ1v) is 20.2. The van der Waals surface area contributed by atoms with Gasteiger partial charge < -0.3 is 0 Å². The molecule has 2 heteroatoms. The van der Waals surface area contributed by atoms with Crippen molar-refractivity contribution in [2.45, 2.75) is 5.41 Å². The van der Waals surface area contributed by atoms with E-state index in [1.165, 1.54) is 50.1 Å². The highest BCUT2D eigenvalue weighted by Crippen LogP contribution is 2.58. The second-order valence-corrected chi connectivity index (χ2v) is 15.2. The molecule has 0 saturated heterocycles. The Balaban J connectivity index is 1.12. The molecule has 10 aromatic rings. The summed E-state index contributed by atoms with van der Waals surface area (Å²) in [5.74, 6) is 0.699. The molecule has 1 aliphatic rings. The van der Waals surface area contributed by atoms with Crippen LogP contribution in [-0.4, -0.2) is 9.97 Å². The maximum atomic E-state index is 5.35. The summed E-state index contributed by atoms with van der Waals surface area (Å²) in [5, 5.41) is 2.27. The smallest absolute Gasteiger partial charge is 0.161 e. The van der Waals surface area contributed by atoms with Crippen molar-refractivity contribution in [2.24, 2.45) is 0 Å². The lowest BCUT2D eigenvalue weighted by atomic mass is 9.67. The molecule has 9 aromatic carbocycles. The lowest BCUT2D eigenvalue weighted by Gasteiger charge is -2.34. The van der Waals surface area contributed by atoms with Crippen LogP contribution in [0.5, 0.6) is 0 Å². The van der Waals surface area contributed by atoms with Crippen molar-refractivity contribution in [3.8, 4) is 67.3 Å². The average Bonchev–Trinajstić information content (AvgIpc) is 3.63. The van der Waals surface area contributed by atoms with Gasteiger partial charge in [-0.05, 0) is 84.6 Å². The third-order valence-electron chi connectivity index (χ3n) is 12.0. The van der Waals surface area contributed by atoms with Crippen LogP contribution in [0.15, 0.2) is 231 Å². The number of aromatic nitrogens is 2. The van der Waals surface area contributed by atoms with E-state index >= 15 is 0 Å². The molecule has 0 bridgehead atoms. The minimum atomic E-state index is -0.472. The minimum absolute atomic E-state index is 0.472. The topological polar surface area (TPSA) is 25.8 Å². The average molecular weight is 751 g/mol. The van der Waals surface area contributed by atoms with Crippen molar-refractivity contribution in [1.29, 1.82) is 0 Å². The maximum Gasteiger partial charge on any atom is 0.161 e. The van der Waals surface area contributed by atoms with E-state index in [1.54, 1.807) is 0 Å². The molecule has 59 heavy (non-hydrogen) atoms. The zero-order valence-electron chi connectivity index (χ0n) is 32.3. The van der Waals surface area contributed by atoms with E-state index in [2.05, 4.69) is 224 Å². The number of hydrogen-bond acceptors (Lipinski definition) is 2. The second-order valence-electron chi connectivity index (χ2n) is 15.2. The van der Waals surface area contributed by atoms with Crippen LogP contribution in [0, 0.1) is 0 Å². The van der Waals surface area contributed by atoms with Gasteiger partial charge in [-0.25, -0.2) is 9.97 Å². The predicted molar refractivity (Wildman–Crippen MR) is 244 cm³/mol. The van der Waals surface area contributed by atoms with Gasteiger partial charge in [0.1, 0.15) is 0 Å². The fourth-order valence-electron chi connectivity index (χ4n) is 9.41. The summed E-state index contributed by atoms with van der Waals surface area (Å²) < 4.78 is 0. The molecule has 0 spiro atoms. The molecule has 1 heterocycles. The summed E-state index contributed by atoms with van der Waals surface area (Å²) in [6, 6.07) is 82.9. The fourth-order valence-corrected chi connectivity index (χ4v) is 9.41. The number of benzene rings is 9. The van der Waals surface area contributed by atoms with Gasteiger partial charge in [-0.3, -0.25) is 0 Å². The molecule has 276 valence electrons. The zero-order valence-corrected chi connectivity index (χ0v) is 32.3. The molecule has 0 N–H and O–H groups in total. The van der Waals surface area contributed by atoms with Crippen LogP contribution in [-0.2, 0) is 5.41 Å². The Labute approximate surface area is 344 Å². The summed E-state index contributed by atoms with van der Waals surface area (Å²) in [5.41, 5.74) is 16.8. The summed E-state index contributed by atoms with van der Waals surface area (Å²) in [7, 11) is 0. The number of fused-ring (bicyclic) bond motifs is 4. The molecule has 0 amide bonds. The zero-order chi connectivity index (χ0) is 39.2. The van der Waals surface area contributed by atoms with E-state index in [0.717, 1.165) is 44.4 Å². The molecule has 11 rings (SSSR count). The van der Waals surface area contributed by atoms with Gasteiger partial charge in [0.2, 0.25) is 0 Å². The molecular weight excluding hydrogens is 713 g/mol. The standard InChI is InChI=1S/C57H38N2/c1-5-19-39(20-6-1)41-23-17-24-42(37-41)54-38-53(40-21-7-2-8-22-40)58-56(59-54)49-36-35-47(45-29-13-14-30-46(45)49)48-32-18-34-52-55(48)50-31-15-16-33-51(50)57(52,43-25-9-3-10-26-43)44-27-11-4-12-28-44/h1-38H. The Morgan fingerprint density at radius 3 is 1.46 bits per heavy atom. The van der Waals surface area contributed by atoms with Gasteiger partial charge in [0, 0.05) is 16.7 Å². The molecule has 0 aliphatic heterocycles. The third kappa shape index (κ3) is 5.72. The minimum Gasteiger partial charge on any atom is -0.228 e. The van der Waals surface area contributed by atoms with E-state index in [-0.39, 0.29) is 0 Å². The van der Waals surface area contributed by atoms with Crippen LogP contribution in [0.2, 0.25) is 0 Å². The molecule has 0 fully saturated rings. The van der Waals surface area contributed by atoms with Crippen LogP contribution >= 0.6 is 0 Å². The van der Waals surface area contributed by atoms with E-state index in [4.69, 9.17) is 9.97 Å². The molecule has 0 atom stereocenters. The van der Waals surface area contributed by atoms with E-state index < -0.39 is 5.41 Å². The van der Waals surface area contributed by atoms with E-state index in [0.29, 0.717) is 5.82 Å². The van der Waals surface area contributed by atoms with Gasteiger partial charge in [-0.2, -0.15) is 0 Å². The van der Waals surface area contributed by atoms with Crippen molar-refractivity contribution in [3.63, 3.8) is 0 Å². The van der Waals surface area contributed by atoms with Gasteiger partial charge in [0.15, 0.2) is 5.82 Å². The first-order chi connectivity index (χ1) is 29.3. The summed E-state index contributed by atoms with van der Waals surface area (Å²) in [4.78, 5) is 10.6. The Morgan fingerprint density at radius 2 is 0.763 bits per heavy atom. The number of nitrogens with zero attached hydrogens (tertiary/aromatic N) is 2. The highest BCUT2D eigenvalue weighted by atomic mass is 14.9. The lowest BCUT2D eigenvalue weighted by molar-refractivity contribution is 0.768. The van der Waals surface area contributed by atoms with Crippen LogP contribution in [0.1, 0.15) is 22.3 Å². The highest BCUT2D eigenvalue weighted by Gasteiger charge is 2.46. The Bertz CT molecular complexity index is 3100. The first-order valence-electron chi connectivity index (χ1n) is 20.2. The Morgan fingerprint density at radius 1 is 0.288 bits per heavy atom. The molecular formula is C57H38N2. The monoisotopic (exact) mass is 750 g/mol. The fraction of sp³-hybridized carbons (Fsp3) is 0.0175. The van der Waals surface area contributed by atoms with Gasteiger partial charge in [0.25, 0.3) is 0 Å². The Hall–Kier alpha value is -7.68. The Kier molecular flexibility index (Phi) is 8.41. The van der Waals surface area contributed by atoms with Gasteiger partial charge in [-0.1, -0.05) is 212 Å². The van der Waals surface area contributed by atoms with Crippen molar-refractivity contribution in [2.75, 3.05) is 0 Å². The third-order valence-corrected chi connectivity index (χ3v) is 12.0. The van der Waals surface area contributed by atoms with Gasteiger partial charge in [0.05, 0.1) is 16.8 Å². The maximum absolute atomic E-state index is 5.35. The van der Waals surface area contributed by atoms with E-state index in [1.807, 2.05) is 6.07 Å². The molecule has 0 saturated carbocycles. The molecule has 1 aliphatic carbocycles. The largest absolute Gasteiger partial charge is 0.228 e. The van der Waals surface area contributed by atoms with Crippen molar-refractivity contribution in [3.05, 3.63) is 253 Å². The van der Waals surface area contributed by atoms with Crippen LogP contribution in [0.3, 0.4) is 0 Å². The highest BCUT2D eigenvalue weighted by molar-refractivity contribution is 6.08. The van der Waals surface area contributed by atoms with Gasteiger partial charge >= 0.3 is 0 Å². The predicted octanol–water partition coefficient (Wildman–Crippen LogP) is 14.3. The quantitative estimate of drug-likeness (QED) is 0.162. The van der Waals surface area contributed by atoms with E-state index in [9.17, 15) is 0 Å². The van der Waals surface area contributed by atoms with Crippen molar-refractivity contribution < 1.29 is 0 Å². The summed E-state index contributed by atoms with van der Waals surface area (Å²) >= 11 is 0. The second kappa shape index (κ2) is 14.4. The van der Waals surface area contributed by atoms with Crippen molar-refractivity contribution >= 4 is 10.8 Å². The van der Waals surface area contributed by atoms with Crippen LogP contribution in [0.25, 0.3) is 78.1 Å². The van der Waals surface area contributed by atoms with Crippen molar-refractivity contribution in [1.82, 2.24) is 9.97 Å². The SMILES string of the molecule is c1ccc(-c2cccc(-c3cc(-c4ccccc4)nc(-c4ccc(-c5cccc6c5-c5ccccc5C6(c5ccccc5)c5ccccc5)c5ccccc45)n3)c2)cc1. The van der Waals surface area contributed by atoms with Crippen LogP contribution in [0.4, 0.5) is 0 Å². The number of hydrogen-bond donors (Lipinski definition) is 0. The van der Waals surface area contributed by atoms with Gasteiger partial charge in [-0.15, -0.1) is 0 Å². The molecule has 0 unspecified atom stereocenters. The lowest BCUT2D eigenvalue weighted by Crippen LogP contribution is -2.28. The summed E-state index contributed by atoms with van der Waals surface area (Å²) in [6.07, 6.45) is 0.